The lowest BCUT2D eigenvalue weighted by atomic mass is 10.2. The van der Waals surface area contributed by atoms with Gasteiger partial charge in [-0.2, -0.15) is 4.80 Å². The molecule has 0 atom stereocenters. The number of esters is 1. The van der Waals surface area contributed by atoms with Crippen LogP contribution in [0.4, 0.5) is 0 Å². The zero-order valence-corrected chi connectivity index (χ0v) is 13.7. The number of aromatic nitrogens is 4. The van der Waals surface area contributed by atoms with E-state index in [1.807, 2.05) is 41.8 Å². The molecule has 0 aliphatic heterocycles. The van der Waals surface area contributed by atoms with Crippen LogP contribution in [0.3, 0.4) is 0 Å². The first-order valence-electron chi connectivity index (χ1n) is 6.42. The molecule has 0 amide bonds. The van der Waals surface area contributed by atoms with E-state index >= 15 is 0 Å². The molecule has 3 rings (SSSR count). The molecule has 1 aromatic carbocycles. The van der Waals surface area contributed by atoms with Gasteiger partial charge in [0.2, 0.25) is 5.82 Å². The Balaban J connectivity index is 1.54. The second-order valence-corrected chi connectivity index (χ2v) is 6.27. The molecule has 0 bridgehead atoms. The minimum absolute atomic E-state index is 0.0606. The van der Waals surface area contributed by atoms with Crippen molar-refractivity contribution < 1.29 is 9.53 Å². The number of carbonyl (C=O) groups is 1. The predicted octanol–water partition coefficient (Wildman–Crippen LogP) is 2.91. The van der Waals surface area contributed by atoms with E-state index in [0.717, 1.165) is 14.9 Å². The molecule has 2 heterocycles. The fraction of sp³-hybridized carbons (Fsp3) is 0.143. The van der Waals surface area contributed by atoms with Gasteiger partial charge in [-0.3, -0.25) is 0 Å². The van der Waals surface area contributed by atoms with E-state index in [4.69, 9.17) is 4.74 Å². The van der Waals surface area contributed by atoms with Crippen LogP contribution in [0, 0.1) is 0 Å². The summed E-state index contributed by atoms with van der Waals surface area (Å²) in [5, 5.41) is 13.9. The van der Waals surface area contributed by atoms with E-state index in [1.165, 1.54) is 16.1 Å². The van der Waals surface area contributed by atoms with Crippen LogP contribution in [0.1, 0.15) is 5.56 Å². The van der Waals surface area contributed by atoms with Gasteiger partial charge in [0.1, 0.15) is 6.61 Å². The zero-order chi connectivity index (χ0) is 15.4. The summed E-state index contributed by atoms with van der Waals surface area (Å²) in [7, 11) is 0. The molecule has 0 radical (unpaired) electrons. The van der Waals surface area contributed by atoms with Gasteiger partial charge in [0.25, 0.3) is 0 Å². The van der Waals surface area contributed by atoms with Gasteiger partial charge in [0, 0.05) is 4.47 Å². The summed E-state index contributed by atoms with van der Waals surface area (Å²) in [5.41, 5.74) is 0.919. The van der Waals surface area contributed by atoms with E-state index in [9.17, 15) is 4.79 Å². The number of hydrogen-bond donors (Lipinski definition) is 0. The summed E-state index contributed by atoms with van der Waals surface area (Å²) in [4.78, 5) is 13.9. The van der Waals surface area contributed by atoms with Crippen LogP contribution in [-0.2, 0) is 22.7 Å². The Morgan fingerprint density at radius 1 is 1.27 bits per heavy atom. The molecule has 0 N–H and O–H groups in total. The SMILES string of the molecule is O=C(Cn1nnc(-c2cccs2)n1)OCc1ccc(Br)cc1. The van der Waals surface area contributed by atoms with Crippen molar-refractivity contribution in [3.8, 4) is 10.7 Å². The molecule has 0 fully saturated rings. The summed E-state index contributed by atoms with van der Waals surface area (Å²) >= 11 is 4.87. The van der Waals surface area contributed by atoms with E-state index in [0.29, 0.717) is 5.82 Å². The average Bonchev–Trinajstić information content (AvgIpc) is 3.17. The average molecular weight is 379 g/mol. The largest absolute Gasteiger partial charge is 0.459 e. The molecule has 3 aromatic rings. The number of hydrogen-bond acceptors (Lipinski definition) is 6. The summed E-state index contributed by atoms with van der Waals surface area (Å²) < 4.78 is 6.17. The van der Waals surface area contributed by atoms with Crippen molar-refractivity contribution in [2.45, 2.75) is 13.2 Å². The fourth-order valence-corrected chi connectivity index (χ4v) is 2.63. The van der Waals surface area contributed by atoms with Crippen LogP contribution in [0.25, 0.3) is 10.7 Å². The number of rotatable bonds is 5. The van der Waals surface area contributed by atoms with Crippen molar-refractivity contribution in [2.24, 2.45) is 0 Å². The summed E-state index contributed by atoms with van der Waals surface area (Å²) in [6, 6.07) is 11.4. The number of tetrazole rings is 1. The first-order valence-corrected chi connectivity index (χ1v) is 8.10. The Morgan fingerprint density at radius 2 is 2.09 bits per heavy atom. The maximum atomic E-state index is 11.8. The van der Waals surface area contributed by atoms with Gasteiger partial charge in [-0.15, -0.1) is 21.5 Å². The third-order valence-corrected chi connectivity index (χ3v) is 4.17. The Labute approximate surface area is 138 Å². The third kappa shape index (κ3) is 3.77. The monoisotopic (exact) mass is 378 g/mol. The molecule has 0 saturated heterocycles. The van der Waals surface area contributed by atoms with Crippen LogP contribution in [-0.4, -0.2) is 26.2 Å². The Kier molecular flexibility index (Phi) is 4.59. The second kappa shape index (κ2) is 6.80. The number of thiophene rings is 1. The van der Waals surface area contributed by atoms with Gasteiger partial charge < -0.3 is 4.74 Å². The van der Waals surface area contributed by atoms with Gasteiger partial charge in [-0.25, -0.2) is 4.79 Å². The highest BCUT2D eigenvalue weighted by molar-refractivity contribution is 9.10. The van der Waals surface area contributed by atoms with Gasteiger partial charge in [-0.1, -0.05) is 34.1 Å². The molecular formula is C14H11BrN4O2S. The normalized spacial score (nSPS) is 10.6. The lowest BCUT2D eigenvalue weighted by molar-refractivity contribution is -0.146. The quantitative estimate of drug-likeness (QED) is 0.638. The first kappa shape index (κ1) is 14.9. The van der Waals surface area contributed by atoms with Crippen LogP contribution >= 0.6 is 27.3 Å². The van der Waals surface area contributed by atoms with Crippen LogP contribution in [0.15, 0.2) is 46.3 Å². The molecule has 8 heteroatoms. The highest BCUT2D eigenvalue weighted by atomic mass is 79.9. The molecule has 0 unspecified atom stereocenters. The summed E-state index contributed by atoms with van der Waals surface area (Å²) in [6.07, 6.45) is 0. The molecular weight excluding hydrogens is 368 g/mol. The van der Waals surface area contributed by atoms with Gasteiger partial charge >= 0.3 is 5.97 Å². The molecule has 0 aliphatic rings. The van der Waals surface area contributed by atoms with E-state index in [2.05, 4.69) is 31.3 Å². The topological polar surface area (TPSA) is 69.9 Å². The highest BCUT2D eigenvalue weighted by Crippen LogP contribution is 2.19. The minimum Gasteiger partial charge on any atom is -0.459 e. The van der Waals surface area contributed by atoms with Crippen molar-refractivity contribution in [3.05, 3.63) is 51.8 Å². The number of nitrogens with zero attached hydrogens (tertiary/aromatic N) is 4. The van der Waals surface area contributed by atoms with Crippen molar-refractivity contribution in [3.63, 3.8) is 0 Å². The Morgan fingerprint density at radius 3 is 2.82 bits per heavy atom. The molecule has 0 aliphatic carbocycles. The smallest absolute Gasteiger partial charge is 0.330 e. The molecule has 0 saturated carbocycles. The Bertz CT molecular complexity index is 756. The van der Waals surface area contributed by atoms with Crippen LogP contribution < -0.4 is 0 Å². The molecule has 0 spiro atoms. The van der Waals surface area contributed by atoms with Crippen molar-refractivity contribution in [1.82, 2.24) is 20.2 Å². The summed E-state index contributed by atoms with van der Waals surface area (Å²) in [6.45, 7) is 0.160. The Hall–Kier alpha value is -2.06. The number of ether oxygens (including phenoxy) is 1. The van der Waals surface area contributed by atoms with E-state index in [-0.39, 0.29) is 13.2 Å². The maximum Gasteiger partial charge on any atom is 0.330 e. The number of halogens is 1. The molecule has 112 valence electrons. The van der Waals surface area contributed by atoms with Crippen LogP contribution in [0.2, 0.25) is 0 Å². The van der Waals surface area contributed by atoms with Gasteiger partial charge in [0.15, 0.2) is 6.54 Å². The lowest BCUT2D eigenvalue weighted by Gasteiger charge is -2.04. The number of carbonyl (C=O) groups excluding carboxylic acids is 1. The molecule has 22 heavy (non-hydrogen) atoms. The van der Waals surface area contributed by atoms with Crippen molar-refractivity contribution in [1.29, 1.82) is 0 Å². The molecule has 6 nitrogen and oxygen atoms in total. The first-order chi connectivity index (χ1) is 10.7. The molecule has 2 aromatic heterocycles. The second-order valence-electron chi connectivity index (χ2n) is 4.41. The van der Waals surface area contributed by atoms with Gasteiger partial charge in [0.05, 0.1) is 4.88 Å². The van der Waals surface area contributed by atoms with E-state index < -0.39 is 5.97 Å². The fourth-order valence-electron chi connectivity index (χ4n) is 1.72. The highest BCUT2D eigenvalue weighted by Gasteiger charge is 2.10. The van der Waals surface area contributed by atoms with Crippen LogP contribution in [0.5, 0.6) is 0 Å². The van der Waals surface area contributed by atoms with E-state index in [1.54, 1.807) is 0 Å². The zero-order valence-electron chi connectivity index (χ0n) is 11.3. The maximum absolute atomic E-state index is 11.8. The third-order valence-electron chi connectivity index (χ3n) is 2.78. The number of benzene rings is 1. The summed E-state index contributed by atoms with van der Waals surface area (Å²) in [5.74, 6) is 0.105. The van der Waals surface area contributed by atoms with Crippen molar-refractivity contribution >= 4 is 33.2 Å². The lowest BCUT2D eigenvalue weighted by Crippen LogP contribution is -2.15. The minimum atomic E-state index is -0.405. The van der Waals surface area contributed by atoms with Crippen molar-refractivity contribution in [2.75, 3.05) is 0 Å². The van der Waals surface area contributed by atoms with Gasteiger partial charge in [-0.05, 0) is 34.4 Å². The standard InChI is InChI=1S/C14H11BrN4O2S/c15-11-5-3-10(4-6-11)9-21-13(20)8-19-17-14(16-18-19)12-2-1-7-22-12/h1-7H,8-9H2. The predicted molar refractivity (Wildman–Crippen MR) is 85.1 cm³/mol.